The highest BCUT2D eigenvalue weighted by Gasteiger charge is 2.14. The summed E-state index contributed by atoms with van der Waals surface area (Å²) < 4.78 is 8.57. The number of ether oxygens (including phenoxy) is 1. The molecule has 3 aromatic rings. The number of nitrogens with zero attached hydrogens (tertiary/aromatic N) is 1. The third kappa shape index (κ3) is 2.53. The molecule has 1 atom stereocenters. The summed E-state index contributed by atoms with van der Waals surface area (Å²) >= 11 is 3.47. The molecule has 0 spiro atoms. The van der Waals surface area contributed by atoms with E-state index in [-0.39, 0.29) is 6.10 Å². The Kier molecular flexibility index (Phi) is 3.92. The van der Waals surface area contributed by atoms with Crippen LogP contribution in [0.15, 0.2) is 17.5 Å². The standard InChI is InChI=1S/C15H18N2OS2/c1-4-16-8-9(2)18-12-7-13-14(17-10(3)20-13)15-11(12)5-6-19-15/h5-7,9,16H,4,8H2,1-3H3. The van der Waals surface area contributed by atoms with E-state index in [2.05, 4.69) is 48.6 Å². The van der Waals surface area contributed by atoms with Crippen molar-refractivity contribution in [1.82, 2.24) is 10.3 Å². The number of thiazole rings is 1. The van der Waals surface area contributed by atoms with Crippen molar-refractivity contribution in [2.45, 2.75) is 26.9 Å². The zero-order chi connectivity index (χ0) is 14.1. The van der Waals surface area contributed by atoms with Crippen molar-refractivity contribution >= 4 is 43.0 Å². The summed E-state index contributed by atoms with van der Waals surface area (Å²) in [6.07, 6.45) is 0.157. The molecule has 0 radical (unpaired) electrons. The molecule has 3 nitrogen and oxygen atoms in total. The Morgan fingerprint density at radius 1 is 1.45 bits per heavy atom. The van der Waals surface area contributed by atoms with Crippen LogP contribution in [-0.4, -0.2) is 24.2 Å². The number of hydrogen-bond donors (Lipinski definition) is 1. The molecular formula is C15H18N2OS2. The van der Waals surface area contributed by atoms with E-state index in [0.717, 1.165) is 29.4 Å². The molecule has 1 aromatic carbocycles. The highest BCUT2D eigenvalue weighted by molar-refractivity contribution is 7.21. The zero-order valence-electron chi connectivity index (χ0n) is 11.9. The van der Waals surface area contributed by atoms with Gasteiger partial charge in [0, 0.05) is 18.0 Å². The maximum absolute atomic E-state index is 6.13. The van der Waals surface area contributed by atoms with Gasteiger partial charge in [-0.15, -0.1) is 22.7 Å². The van der Waals surface area contributed by atoms with E-state index in [9.17, 15) is 0 Å². The molecule has 2 aromatic heterocycles. The van der Waals surface area contributed by atoms with Crippen molar-refractivity contribution in [1.29, 1.82) is 0 Å². The molecule has 0 aliphatic rings. The van der Waals surface area contributed by atoms with Crippen molar-refractivity contribution in [2.75, 3.05) is 13.1 Å². The lowest BCUT2D eigenvalue weighted by molar-refractivity contribution is 0.221. The summed E-state index contributed by atoms with van der Waals surface area (Å²) in [5.41, 5.74) is 1.11. The molecule has 106 valence electrons. The lowest BCUT2D eigenvalue weighted by Crippen LogP contribution is -2.28. The SMILES string of the molecule is CCNCC(C)Oc1cc2sc(C)nc2c2sccc12. The molecule has 3 rings (SSSR count). The molecule has 0 bridgehead atoms. The van der Waals surface area contributed by atoms with Crippen molar-refractivity contribution in [3.8, 4) is 5.75 Å². The van der Waals surface area contributed by atoms with Gasteiger partial charge in [0.05, 0.1) is 19.9 Å². The molecule has 2 heterocycles. The summed E-state index contributed by atoms with van der Waals surface area (Å²) in [5.74, 6) is 0.975. The van der Waals surface area contributed by atoms with Crippen molar-refractivity contribution < 1.29 is 4.74 Å². The normalized spacial score (nSPS) is 13.2. The van der Waals surface area contributed by atoms with E-state index in [4.69, 9.17) is 4.74 Å². The van der Waals surface area contributed by atoms with Gasteiger partial charge in [0.25, 0.3) is 0 Å². The Hall–Kier alpha value is -1.17. The first-order valence-electron chi connectivity index (χ1n) is 6.83. The van der Waals surface area contributed by atoms with Gasteiger partial charge in [-0.2, -0.15) is 0 Å². The molecule has 0 fully saturated rings. The second kappa shape index (κ2) is 5.68. The number of likely N-dealkylation sites (N-methyl/N-ethyl adjacent to an activating group) is 1. The quantitative estimate of drug-likeness (QED) is 0.767. The molecule has 1 unspecified atom stereocenters. The van der Waals surface area contributed by atoms with Gasteiger partial charge in [0.15, 0.2) is 0 Å². The van der Waals surface area contributed by atoms with Gasteiger partial charge in [-0.25, -0.2) is 4.98 Å². The van der Waals surface area contributed by atoms with Crippen LogP contribution in [0, 0.1) is 6.92 Å². The number of fused-ring (bicyclic) bond motifs is 3. The van der Waals surface area contributed by atoms with Gasteiger partial charge in [-0.05, 0) is 31.8 Å². The third-order valence-corrected chi connectivity index (χ3v) is 5.02. The molecule has 0 saturated heterocycles. The highest BCUT2D eigenvalue weighted by atomic mass is 32.1. The minimum atomic E-state index is 0.157. The van der Waals surface area contributed by atoms with E-state index >= 15 is 0 Å². The minimum absolute atomic E-state index is 0.157. The predicted molar refractivity (Wildman–Crippen MR) is 88.4 cm³/mol. The third-order valence-electron chi connectivity index (χ3n) is 3.18. The van der Waals surface area contributed by atoms with Crippen LogP contribution in [0.1, 0.15) is 18.9 Å². The molecule has 0 saturated carbocycles. The van der Waals surface area contributed by atoms with Crippen LogP contribution < -0.4 is 10.1 Å². The fraction of sp³-hybridized carbons (Fsp3) is 0.400. The first-order valence-corrected chi connectivity index (χ1v) is 8.53. The van der Waals surface area contributed by atoms with Crippen LogP contribution in [-0.2, 0) is 0 Å². The second-order valence-corrected chi connectivity index (χ2v) is 7.00. The van der Waals surface area contributed by atoms with Crippen LogP contribution in [0.2, 0.25) is 0 Å². The Morgan fingerprint density at radius 2 is 2.30 bits per heavy atom. The Bertz CT molecular complexity index is 732. The minimum Gasteiger partial charge on any atom is -0.489 e. The zero-order valence-corrected chi connectivity index (χ0v) is 13.5. The number of nitrogens with one attached hydrogen (secondary N) is 1. The van der Waals surface area contributed by atoms with E-state index in [1.54, 1.807) is 22.7 Å². The predicted octanol–water partition coefficient (Wildman–Crippen LogP) is 4.20. The maximum Gasteiger partial charge on any atom is 0.130 e. The molecular weight excluding hydrogens is 288 g/mol. The number of thiophene rings is 1. The van der Waals surface area contributed by atoms with Gasteiger partial charge in [-0.1, -0.05) is 6.92 Å². The highest BCUT2D eigenvalue weighted by Crippen LogP contribution is 2.39. The van der Waals surface area contributed by atoms with Crippen LogP contribution in [0.5, 0.6) is 5.75 Å². The molecule has 1 N–H and O–H groups in total. The lowest BCUT2D eigenvalue weighted by Gasteiger charge is -2.15. The first-order chi connectivity index (χ1) is 9.69. The summed E-state index contributed by atoms with van der Waals surface area (Å²) in [4.78, 5) is 4.64. The second-order valence-electron chi connectivity index (χ2n) is 4.85. The largest absolute Gasteiger partial charge is 0.489 e. The van der Waals surface area contributed by atoms with E-state index in [0.29, 0.717) is 0 Å². The maximum atomic E-state index is 6.13. The van der Waals surface area contributed by atoms with Gasteiger partial charge < -0.3 is 10.1 Å². The van der Waals surface area contributed by atoms with Gasteiger partial charge >= 0.3 is 0 Å². The number of hydrogen-bond acceptors (Lipinski definition) is 5. The van der Waals surface area contributed by atoms with Crippen molar-refractivity contribution in [2.24, 2.45) is 0 Å². The Morgan fingerprint density at radius 3 is 3.10 bits per heavy atom. The molecule has 5 heteroatoms. The average molecular weight is 306 g/mol. The van der Waals surface area contributed by atoms with Crippen LogP contribution in [0.3, 0.4) is 0 Å². The van der Waals surface area contributed by atoms with E-state index in [1.807, 2.05) is 0 Å². The number of benzene rings is 1. The van der Waals surface area contributed by atoms with Crippen molar-refractivity contribution in [3.05, 3.63) is 22.5 Å². The number of rotatable bonds is 5. The summed E-state index contributed by atoms with van der Waals surface area (Å²) in [6, 6.07) is 4.26. The first kappa shape index (κ1) is 13.8. The summed E-state index contributed by atoms with van der Waals surface area (Å²) in [6.45, 7) is 8.09. The lowest BCUT2D eigenvalue weighted by atomic mass is 10.2. The Labute approximate surface area is 126 Å². The number of aromatic nitrogens is 1. The molecule has 0 amide bonds. The van der Waals surface area contributed by atoms with Crippen molar-refractivity contribution in [3.63, 3.8) is 0 Å². The average Bonchev–Trinajstić information content (AvgIpc) is 3.01. The number of aryl methyl sites for hydroxylation is 1. The Balaban J connectivity index is 2.02. The molecule has 0 aliphatic carbocycles. The fourth-order valence-corrected chi connectivity index (χ4v) is 4.12. The van der Waals surface area contributed by atoms with E-state index < -0.39 is 0 Å². The van der Waals surface area contributed by atoms with Gasteiger partial charge in [0.1, 0.15) is 11.9 Å². The van der Waals surface area contributed by atoms with E-state index in [1.165, 1.54) is 14.8 Å². The van der Waals surface area contributed by atoms with Crippen LogP contribution in [0.4, 0.5) is 0 Å². The van der Waals surface area contributed by atoms with Crippen LogP contribution >= 0.6 is 22.7 Å². The van der Waals surface area contributed by atoms with Crippen LogP contribution in [0.25, 0.3) is 20.3 Å². The monoisotopic (exact) mass is 306 g/mol. The molecule has 0 aliphatic heterocycles. The fourth-order valence-electron chi connectivity index (χ4n) is 2.29. The topological polar surface area (TPSA) is 34.1 Å². The summed E-state index contributed by atoms with van der Waals surface area (Å²) in [7, 11) is 0. The smallest absolute Gasteiger partial charge is 0.130 e. The summed E-state index contributed by atoms with van der Waals surface area (Å²) in [5, 5.41) is 7.71. The van der Waals surface area contributed by atoms with Gasteiger partial charge in [-0.3, -0.25) is 0 Å². The molecule has 20 heavy (non-hydrogen) atoms. The van der Waals surface area contributed by atoms with Gasteiger partial charge in [0.2, 0.25) is 0 Å².